The summed E-state index contributed by atoms with van der Waals surface area (Å²) < 4.78 is 5.30. The summed E-state index contributed by atoms with van der Waals surface area (Å²) in [7, 11) is 1.62. The van der Waals surface area contributed by atoms with Crippen molar-refractivity contribution in [1.29, 1.82) is 0 Å². The third kappa shape index (κ3) is 3.12. The molecule has 1 atom stereocenters. The lowest BCUT2D eigenvalue weighted by Gasteiger charge is -2.19. The van der Waals surface area contributed by atoms with Crippen molar-refractivity contribution in [1.82, 2.24) is 5.32 Å². The minimum atomic E-state index is 0.0531. The summed E-state index contributed by atoms with van der Waals surface area (Å²) in [6, 6.07) is 5.87. The SMILES string of the molecule is CCNC(c1ccc(Cl)c(OC)c1)c1scc(C)c1Cl. The van der Waals surface area contributed by atoms with Crippen molar-refractivity contribution >= 4 is 34.5 Å². The Balaban J connectivity index is 2.45. The van der Waals surface area contributed by atoms with Gasteiger partial charge in [0.05, 0.1) is 23.2 Å². The lowest BCUT2D eigenvalue weighted by atomic mass is 10.0. The standard InChI is InChI=1S/C15H17Cl2NOS/c1-4-18-14(15-13(17)9(2)8-20-15)10-5-6-11(16)12(7-10)19-3/h5-8,14,18H,4H2,1-3H3. The number of hydrogen-bond donors (Lipinski definition) is 1. The minimum Gasteiger partial charge on any atom is -0.495 e. The van der Waals surface area contributed by atoms with Crippen LogP contribution in [0.5, 0.6) is 5.75 Å². The van der Waals surface area contributed by atoms with E-state index in [2.05, 4.69) is 17.6 Å². The van der Waals surface area contributed by atoms with Gasteiger partial charge in [-0.15, -0.1) is 11.3 Å². The lowest BCUT2D eigenvalue weighted by Crippen LogP contribution is -2.21. The van der Waals surface area contributed by atoms with Crippen LogP contribution in [-0.4, -0.2) is 13.7 Å². The molecule has 5 heteroatoms. The van der Waals surface area contributed by atoms with Gasteiger partial charge in [0.2, 0.25) is 0 Å². The third-order valence-electron chi connectivity index (χ3n) is 3.10. The molecule has 2 nitrogen and oxygen atoms in total. The van der Waals surface area contributed by atoms with Crippen molar-refractivity contribution < 1.29 is 4.74 Å². The zero-order chi connectivity index (χ0) is 14.7. The van der Waals surface area contributed by atoms with Crippen molar-refractivity contribution in [3.63, 3.8) is 0 Å². The predicted octanol–water partition coefficient (Wildman–Crippen LogP) is 5.07. The monoisotopic (exact) mass is 329 g/mol. The first-order chi connectivity index (χ1) is 9.58. The van der Waals surface area contributed by atoms with Gasteiger partial charge in [0.25, 0.3) is 0 Å². The molecule has 0 aliphatic carbocycles. The molecule has 1 unspecified atom stereocenters. The van der Waals surface area contributed by atoms with Crippen LogP contribution in [-0.2, 0) is 0 Å². The number of halogens is 2. The highest BCUT2D eigenvalue weighted by Gasteiger charge is 2.20. The van der Waals surface area contributed by atoms with E-state index in [0.717, 1.165) is 27.6 Å². The third-order valence-corrected chi connectivity index (χ3v) is 5.20. The fourth-order valence-corrected chi connectivity index (χ4v) is 3.66. The highest BCUT2D eigenvalue weighted by Crippen LogP contribution is 2.37. The van der Waals surface area contributed by atoms with Gasteiger partial charge < -0.3 is 10.1 Å². The summed E-state index contributed by atoms with van der Waals surface area (Å²) in [4.78, 5) is 1.12. The second-order valence-electron chi connectivity index (χ2n) is 4.48. The number of aryl methyl sites for hydroxylation is 1. The fraction of sp³-hybridized carbons (Fsp3) is 0.333. The molecular formula is C15H17Cl2NOS. The molecule has 0 aliphatic rings. The van der Waals surface area contributed by atoms with E-state index in [-0.39, 0.29) is 6.04 Å². The van der Waals surface area contributed by atoms with E-state index in [1.54, 1.807) is 18.4 Å². The largest absolute Gasteiger partial charge is 0.495 e. The number of hydrogen-bond acceptors (Lipinski definition) is 3. The van der Waals surface area contributed by atoms with E-state index in [1.807, 2.05) is 25.1 Å². The molecule has 20 heavy (non-hydrogen) atoms. The van der Waals surface area contributed by atoms with Crippen molar-refractivity contribution in [2.45, 2.75) is 19.9 Å². The number of methoxy groups -OCH3 is 1. The summed E-state index contributed by atoms with van der Waals surface area (Å²) in [5.74, 6) is 0.677. The molecule has 1 heterocycles. The normalized spacial score (nSPS) is 12.4. The van der Waals surface area contributed by atoms with Crippen LogP contribution in [0.4, 0.5) is 0 Å². The molecule has 0 amide bonds. The molecule has 108 valence electrons. The van der Waals surface area contributed by atoms with E-state index in [0.29, 0.717) is 10.8 Å². The molecule has 0 radical (unpaired) electrons. The van der Waals surface area contributed by atoms with Gasteiger partial charge in [0.1, 0.15) is 5.75 Å². The van der Waals surface area contributed by atoms with Gasteiger partial charge in [-0.25, -0.2) is 0 Å². The van der Waals surface area contributed by atoms with E-state index in [4.69, 9.17) is 27.9 Å². The van der Waals surface area contributed by atoms with Gasteiger partial charge in [0, 0.05) is 4.88 Å². The van der Waals surface area contributed by atoms with Crippen molar-refractivity contribution in [3.8, 4) is 5.75 Å². The van der Waals surface area contributed by atoms with Crippen LogP contribution in [0.15, 0.2) is 23.6 Å². The Morgan fingerprint density at radius 1 is 1.35 bits per heavy atom. The molecule has 0 saturated carbocycles. The summed E-state index contributed by atoms with van der Waals surface area (Å²) in [5, 5.41) is 6.99. The second kappa shape index (κ2) is 6.81. The zero-order valence-corrected chi connectivity index (χ0v) is 14.0. The molecule has 1 aromatic heterocycles. The Morgan fingerprint density at radius 3 is 2.65 bits per heavy atom. The van der Waals surface area contributed by atoms with Crippen LogP contribution in [0.3, 0.4) is 0 Å². The average Bonchev–Trinajstić information content (AvgIpc) is 2.77. The van der Waals surface area contributed by atoms with Gasteiger partial charge in [-0.2, -0.15) is 0 Å². The molecule has 2 rings (SSSR count). The van der Waals surface area contributed by atoms with Gasteiger partial charge >= 0.3 is 0 Å². The molecule has 0 aliphatic heterocycles. The highest BCUT2D eigenvalue weighted by molar-refractivity contribution is 7.10. The van der Waals surface area contributed by atoms with E-state index in [9.17, 15) is 0 Å². The van der Waals surface area contributed by atoms with E-state index >= 15 is 0 Å². The molecule has 2 aromatic rings. The van der Waals surface area contributed by atoms with Gasteiger partial charge in [-0.3, -0.25) is 0 Å². The molecule has 1 N–H and O–H groups in total. The van der Waals surface area contributed by atoms with Crippen LogP contribution in [0.1, 0.15) is 29.0 Å². The Labute approximate surface area is 133 Å². The molecule has 0 spiro atoms. The van der Waals surface area contributed by atoms with Crippen LogP contribution < -0.4 is 10.1 Å². The second-order valence-corrected chi connectivity index (χ2v) is 6.18. The summed E-state index contributed by atoms with van der Waals surface area (Å²) in [6.45, 7) is 4.95. The minimum absolute atomic E-state index is 0.0531. The molecule has 0 bridgehead atoms. The van der Waals surface area contributed by atoms with Gasteiger partial charge in [-0.05, 0) is 42.1 Å². The fourth-order valence-electron chi connectivity index (χ4n) is 2.07. The van der Waals surface area contributed by atoms with Crippen LogP contribution in [0.25, 0.3) is 0 Å². The molecular weight excluding hydrogens is 313 g/mol. The first-order valence-corrected chi connectivity index (χ1v) is 8.02. The van der Waals surface area contributed by atoms with E-state index in [1.165, 1.54) is 0 Å². The molecule has 0 fully saturated rings. The Bertz CT molecular complexity index is 598. The van der Waals surface area contributed by atoms with Gasteiger partial charge in [-0.1, -0.05) is 36.2 Å². The summed E-state index contributed by atoms with van der Waals surface area (Å²) >= 11 is 14.2. The first kappa shape index (κ1) is 15.6. The number of thiophene rings is 1. The van der Waals surface area contributed by atoms with Gasteiger partial charge in [0.15, 0.2) is 0 Å². The average molecular weight is 330 g/mol. The zero-order valence-electron chi connectivity index (χ0n) is 11.7. The Kier molecular flexibility index (Phi) is 5.33. The topological polar surface area (TPSA) is 21.3 Å². The number of ether oxygens (including phenoxy) is 1. The van der Waals surface area contributed by atoms with Crippen molar-refractivity contribution in [2.24, 2.45) is 0 Å². The Hall–Kier alpha value is -0.740. The van der Waals surface area contributed by atoms with Crippen molar-refractivity contribution in [2.75, 3.05) is 13.7 Å². The van der Waals surface area contributed by atoms with E-state index < -0.39 is 0 Å². The van der Waals surface area contributed by atoms with Crippen LogP contribution >= 0.6 is 34.5 Å². The Morgan fingerprint density at radius 2 is 2.10 bits per heavy atom. The predicted molar refractivity (Wildman–Crippen MR) is 87.6 cm³/mol. The quantitative estimate of drug-likeness (QED) is 0.826. The van der Waals surface area contributed by atoms with Crippen molar-refractivity contribution in [3.05, 3.63) is 49.6 Å². The smallest absolute Gasteiger partial charge is 0.137 e. The number of rotatable bonds is 5. The molecule has 1 aromatic carbocycles. The first-order valence-electron chi connectivity index (χ1n) is 6.38. The lowest BCUT2D eigenvalue weighted by molar-refractivity contribution is 0.414. The molecule has 0 saturated heterocycles. The maximum Gasteiger partial charge on any atom is 0.137 e. The maximum atomic E-state index is 6.41. The maximum absolute atomic E-state index is 6.41. The van der Waals surface area contributed by atoms with Crippen LogP contribution in [0, 0.1) is 6.92 Å². The van der Waals surface area contributed by atoms with Crippen LogP contribution in [0.2, 0.25) is 10.0 Å². The number of benzene rings is 1. The summed E-state index contributed by atoms with van der Waals surface area (Å²) in [5.41, 5.74) is 2.20. The number of nitrogens with one attached hydrogen (secondary N) is 1. The highest BCUT2D eigenvalue weighted by atomic mass is 35.5. The summed E-state index contributed by atoms with van der Waals surface area (Å²) in [6.07, 6.45) is 0.